The monoisotopic (exact) mass is 147 g/mol. The van der Waals surface area contributed by atoms with Crippen LogP contribution < -0.4 is 10.9 Å². The lowest BCUT2D eigenvalue weighted by Crippen LogP contribution is -2.47. The smallest absolute Gasteiger partial charge is 0.0693 e. The third kappa shape index (κ3) is 3.79. The molecule has 10 heavy (non-hydrogen) atoms. The van der Waals surface area contributed by atoms with Crippen molar-refractivity contribution in [3.8, 4) is 0 Å². The van der Waals surface area contributed by atoms with Gasteiger partial charge in [-0.05, 0) is 6.42 Å². The van der Waals surface area contributed by atoms with E-state index in [0.29, 0.717) is 6.54 Å². The van der Waals surface area contributed by atoms with E-state index in [0.717, 1.165) is 6.42 Å². The molecule has 1 unspecified atom stereocenters. The van der Waals surface area contributed by atoms with Crippen LogP contribution in [0.4, 0.5) is 0 Å². The zero-order valence-electron chi connectivity index (χ0n) is 6.89. The number of aliphatic hydroxyl groups excluding tert-OH is 1. The topological polar surface area (TPSA) is 47.5 Å². The van der Waals surface area contributed by atoms with Crippen LogP contribution in [0.2, 0.25) is 0 Å². The molecule has 0 bridgehead atoms. The van der Waals surface area contributed by atoms with Crippen LogP contribution >= 0.6 is 0 Å². The van der Waals surface area contributed by atoms with E-state index in [2.05, 4.69) is 10.9 Å². The SMILES string of the molecule is CCC(O)CN(NC)NC. The molecular formula is C6H17N3O. The van der Waals surface area contributed by atoms with Crippen molar-refractivity contribution in [2.75, 3.05) is 20.6 Å². The molecule has 0 aliphatic rings. The van der Waals surface area contributed by atoms with Crippen LogP contribution in [0.25, 0.3) is 0 Å². The predicted molar refractivity (Wildman–Crippen MR) is 41.1 cm³/mol. The third-order valence-electron chi connectivity index (χ3n) is 1.40. The number of hydrogen-bond donors (Lipinski definition) is 3. The van der Waals surface area contributed by atoms with Gasteiger partial charge in [0.1, 0.15) is 0 Å². The van der Waals surface area contributed by atoms with Crippen LogP contribution in [0.3, 0.4) is 0 Å². The van der Waals surface area contributed by atoms with Gasteiger partial charge in [-0.1, -0.05) is 6.92 Å². The second kappa shape index (κ2) is 5.61. The summed E-state index contributed by atoms with van der Waals surface area (Å²) >= 11 is 0. The molecule has 0 saturated heterocycles. The number of aliphatic hydroxyl groups is 1. The number of nitrogens with zero attached hydrogens (tertiary/aromatic N) is 1. The highest BCUT2D eigenvalue weighted by molar-refractivity contribution is 4.53. The largest absolute Gasteiger partial charge is 0.392 e. The molecule has 0 saturated carbocycles. The fourth-order valence-electron chi connectivity index (χ4n) is 0.634. The summed E-state index contributed by atoms with van der Waals surface area (Å²) in [6.07, 6.45) is 0.514. The van der Waals surface area contributed by atoms with E-state index in [9.17, 15) is 0 Å². The average Bonchev–Trinajstić information content (AvgIpc) is 1.99. The fourth-order valence-corrected chi connectivity index (χ4v) is 0.634. The Labute approximate surface area is 62.2 Å². The summed E-state index contributed by atoms with van der Waals surface area (Å²) in [6.45, 7) is 2.55. The van der Waals surface area contributed by atoms with Crippen molar-refractivity contribution < 1.29 is 5.11 Å². The van der Waals surface area contributed by atoms with Crippen LogP contribution in [-0.4, -0.2) is 37.0 Å². The average molecular weight is 147 g/mol. The van der Waals surface area contributed by atoms with Crippen molar-refractivity contribution in [3.05, 3.63) is 0 Å². The highest BCUT2D eigenvalue weighted by Crippen LogP contribution is 1.89. The van der Waals surface area contributed by atoms with E-state index in [4.69, 9.17) is 5.11 Å². The molecule has 0 aliphatic carbocycles. The number of hydrogen-bond acceptors (Lipinski definition) is 4. The first kappa shape index (κ1) is 9.84. The van der Waals surface area contributed by atoms with Crippen molar-refractivity contribution in [2.45, 2.75) is 19.4 Å². The molecule has 4 nitrogen and oxygen atoms in total. The van der Waals surface area contributed by atoms with E-state index in [1.165, 1.54) is 0 Å². The summed E-state index contributed by atoms with van der Waals surface area (Å²) in [4.78, 5) is 0. The molecule has 62 valence electrons. The van der Waals surface area contributed by atoms with Crippen molar-refractivity contribution in [1.29, 1.82) is 0 Å². The standard InChI is InChI=1S/C6H17N3O/c1-4-6(10)5-9(7-2)8-3/h6-8,10H,4-5H2,1-3H3. The summed E-state index contributed by atoms with van der Waals surface area (Å²) in [5.74, 6) is 0. The Morgan fingerprint density at radius 3 is 2.20 bits per heavy atom. The van der Waals surface area contributed by atoms with Gasteiger partial charge < -0.3 is 5.11 Å². The molecule has 0 aromatic rings. The Hall–Kier alpha value is -0.160. The van der Waals surface area contributed by atoms with Gasteiger partial charge in [-0.15, -0.1) is 0 Å². The lowest BCUT2D eigenvalue weighted by atomic mass is 10.3. The number of nitrogens with one attached hydrogen (secondary N) is 2. The second-order valence-electron chi connectivity index (χ2n) is 2.12. The van der Waals surface area contributed by atoms with Crippen LogP contribution in [-0.2, 0) is 0 Å². The maximum absolute atomic E-state index is 9.17. The van der Waals surface area contributed by atoms with Crippen molar-refractivity contribution in [1.82, 2.24) is 16.0 Å². The van der Waals surface area contributed by atoms with Gasteiger partial charge in [-0.25, -0.2) is 10.9 Å². The van der Waals surface area contributed by atoms with Gasteiger partial charge in [-0.2, -0.15) is 5.12 Å². The molecule has 0 aliphatic heterocycles. The zero-order chi connectivity index (χ0) is 7.98. The number of rotatable bonds is 5. The molecule has 0 amide bonds. The van der Waals surface area contributed by atoms with E-state index in [1.54, 1.807) is 19.2 Å². The molecule has 0 spiro atoms. The van der Waals surface area contributed by atoms with Gasteiger partial charge in [0.05, 0.1) is 12.6 Å². The van der Waals surface area contributed by atoms with E-state index >= 15 is 0 Å². The highest BCUT2D eigenvalue weighted by atomic mass is 16.3. The first-order valence-corrected chi connectivity index (χ1v) is 3.55. The highest BCUT2D eigenvalue weighted by Gasteiger charge is 2.04. The van der Waals surface area contributed by atoms with Gasteiger partial charge in [0.25, 0.3) is 0 Å². The molecule has 3 N–H and O–H groups in total. The van der Waals surface area contributed by atoms with Gasteiger partial charge in [-0.3, -0.25) is 0 Å². The number of hydrazine groups is 2. The van der Waals surface area contributed by atoms with Crippen molar-refractivity contribution in [2.24, 2.45) is 0 Å². The van der Waals surface area contributed by atoms with E-state index in [-0.39, 0.29) is 6.10 Å². The Bertz CT molecular complexity index is 75.4. The van der Waals surface area contributed by atoms with E-state index < -0.39 is 0 Å². The summed E-state index contributed by atoms with van der Waals surface area (Å²) in [7, 11) is 3.61. The van der Waals surface area contributed by atoms with Crippen molar-refractivity contribution >= 4 is 0 Å². The summed E-state index contributed by atoms with van der Waals surface area (Å²) in [5.41, 5.74) is 5.76. The molecular weight excluding hydrogens is 130 g/mol. The Kier molecular flexibility index (Phi) is 5.52. The summed E-state index contributed by atoms with van der Waals surface area (Å²) in [5, 5.41) is 10.9. The predicted octanol–water partition coefficient (Wildman–Crippen LogP) is -0.672. The zero-order valence-corrected chi connectivity index (χ0v) is 6.89. The quantitative estimate of drug-likeness (QED) is 0.451. The molecule has 0 rings (SSSR count). The van der Waals surface area contributed by atoms with Gasteiger partial charge in [0, 0.05) is 14.1 Å². The molecule has 0 radical (unpaired) electrons. The molecule has 1 atom stereocenters. The Balaban J connectivity index is 3.41. The summed E-state index contributed by atoms with van der Waals surface area (Å²) < 4.78 is 0. The van der Waals surface area contributed by atoms with Crippen LogP contribution in [0.5, 0.6) is 0 Å². The fraction of sp³-hybridized carbons (Fsp3) is 1.00. The van der Waals surface area contributed by atoms with Crippen LogP contribution in [0, 0.1) is 0 Å². The molecule has 0 aromatic carbocycles. The first-order valence-electron chi connectivity index (χ1n) is 3.55. The maximum atomic E-state index is 9.17. The minimum atomic E-state index is -0.264. The lowest BCUT2D eigenvalue weighted by molar-refractivity contribution is 0.0565. The molecule has 0 heterocycles. The van der Waals surface area contributed by atoms with Gasteiger partial charge in [0.2, 0.25) is 0 Å². The third-order valence-corrected chi connectivity index (χ3v) is 1.40. The van der Waals surface area contributed by atoms with Gasteiger partial charge >= 0.3 is 0 Å². The van der Waals surface area contributed by atoms with Crippen LogP contribution in [0.15, 0.2) is 0 Å². The molecule has 0 aromatic heterocycles. The Morgan fingerprint density at radius 2 is 1.90 bits per heavy atom. The molecule has 0 fully saturated rings. The summed E-state index contributed by atoms with van der Waals surface area (Å²) in [6, 6.07) is 0. The maximum Gasteiger partial charge on any atom is 0.0693 e. The van der Waals surface area contributed by atoms with E-state index in [1.807, 2.05) is 6.92 Å². The second-order valence-corrected chi connectivity index (χ2v) is 2.12. The normalized spacial score (nSPS) is 14.1. The minimum absolute atomic E-state index is 0.264. The molecule has 4 heteroatoms. The van der Waals surface area contributed by atoms with Gasteiger partial charge in [0.15, 0.2) is 0 Å². The Morgan fingerprint density at radius 1 is 1.40 bits per heavy atom. The van der Waals surface area contributed by atoms with Crippen molar-refractivity contribution in [3.63, 3.8) is 0 Å². The lowest BCUT2D eigenvalue weighted by Gasteiger charge is -2.21. The van der Waals surface area contributed by atoms with Crippen LogP contribution in [0.1, 0.15) is 13.3 Å². The minimum Gasteiger partial charge on any atom is -0.392 e. The first-order chi connectivity index (χ1) is 4.74.